The summed E-state index contributed by atoms with van der Waals surface area (Å²) >= 11 is 0. The largest absolute Gasteiger partial charge is 0.480 e. The minimum Gasteiger partial charge on any atom is -0.480 e. The first-order valence-electron chi connectivity index (χ1n) is 7.31. The van der Waals surface area contributed by atoms with E-state index in [0.717, 1.165) is 0 Å². The fourth-order valence-corrected chi connectivity index (χ4v) is 1.85. The molecule has 0 heterocycles. The van der Waals surface area contributed by atoms with Crippen LogP contribution in [0, 0.1) is 11.8 Å². The van der Waals surface area contributed by atoms with Gasteiger partial charge in [0.1, 0.15) is 18.2 Å². The van der Waals surface area contributed by atoms with Crippen LogP contribution in [0.1, 0.15) is 34.1 Å². The Hall–Kier alpha value is -1.67. The topological polar surface area (TPSA) is 142 Å². The van der Waals surface area contributed by atoms with Crippen LogP contribution in [0.2, 0.25) is 0 Å². The third kappa shape index (κ3) is 6.86. The SMILES string of the molecule is CC(C)C[C@H](NC(=O)[C@@H](NC(=O)[C@@H](O)CN)C(C)C)C(=O)O. The third-order valence-electron chi connectivity index (χ3n) is 3.09. The minimum atomic E-state index is -1.40. The quantitative estimate of drug-likeness (QED) is 0.372. The molecule has 3 atom stereocenters. The lowest BCUT2D eigenvalue weighted by molar-refractivity contribution is -0.143. The van der Waals surface area contributed by atoms with Gasteiger partial charge in [-0.25, -0.2) is 4.79 Å². The van der Waals surface area contributed by atoms with E-state index in [4.69, 9.17) is 10.8 Å². The molecule has 0 aromatic rings. The van der Waals surface area contributed by atoms with E-state index >= 15 is 0 Å². The molecule has 0 unspecified atom stereocenters. The first kappa shape index (κ1) is 20.3. The van der Waals surface area contributed by atoms with Crippen molar-refractivity contribution < 1.29 is 24.6 Å². The third-order valence-corrected chi connectivity index (χ3v) is 3.09. The number of rotatable bonds is 9. The highest BCUT2D eigenvalue weighted by atomic mass is 16.4. The van der Waals surface area contributed by atoms with Crippen molar-refractivity contribution in [1.82, 2.24) is 10.6 Å². The molecule has 0 saturated heterocycles. The summed E-state index contributed by atoms with van der Waals surface area (Å²) in [5.41, 5.74) is 5.19. The van der Waals surface area contributed by atoms with Crippen molar-refractivity contribution in [3.63, 3.8) is 0 Å². The van der Waals surface area contributed by atoms with Gasteiger partial charge in [0.25, 0.3) is 5.91 Å². The Labute approximate surface area is 130 Å². The van der Waals surface area contributed by atoms with Crippen molar-refractivity contribution in [3.05, 3.63) is 0 Å². The van der Waals surface area contributed by atoms with Crippen LogP contribution in [0.15, 0.2) is 0 Å². The molecule has 0 aliphatic heterocycles. The molecular weight excluding hydrogens is 290 g/mol. The monoisotopic (exact) mass is 317 g/mol. The van der Waals surface area contributed by atoms with E-state index in [1.807, 2.05) is 13.8 Å². The molecule has 128 valence electrons. The summed E-state index contributed by atoms with van der Waals surface area (Å²) in [6.07, 6.45) is -1.12. The number of hydrogen-bond donors (Lipinski definition) is 5. The molecule has 0 radical (unpaired) electrons. The van der Waals surface area contributed by atoms with Gasteiger partial charge in [0, 0.05) is 6.54 Å². The van der Waals surface area contributed by atoms with Crippen LogP contribution < -0.4 is 16.4 Å². The Morgan fingerprint density at radius 2 is 1.59 bits per heavy atom. The molecule has 0 aliphatic carbocycles. The number of carbonyl (C=O) groups excluding carboxylic acids is 2. The summed E-state index contributed by atoms with van der Waals surface area (Å²) in [5, 5.41) is 23.3. The van der Waals surface area contributed by atoms with Crippen molar-refractivity contribution in [2.45, 2.75) is 52.3 Å². The molecule has 6 N–H and O–H groups in total. The fourth-order valence-electron chi connectivity index (χ4n) is 1.85. The van der Waals surface area contributed by atoms with Crippen molar-refractivity contribution in [2.75, 3.05) is 6.54 Å². The van der Waals surface area contributed by atoms with Crippen LogP contribution in [-0.4, -0.2) is 52.7 Å². The molecule has 0 bridgehead atoms. The van der Waals surface area contributed by atoms with Gasteiger partial charge in [0.05, 0.1) is 0 Å². The Kier molecular flexibility index (Phi) is 8.66. The van der Waals surface area contributed by atoms with E-state index in [0.29, 0.717) is 0 Å². The highest BCUT2D eigenvalue weighted by Gasteiger charge is 2.30. The zero-order valence-corrected chi connectivity index (χ0v) is 13.5. The summed E-state index contributed by atoms with van der Waals surface area (Å²) in [7, 11) is 0. The Morgan fingerprint density at radius 3 is 1.95 bits per heavy atom. The zero-order valence-electron chi connectivity index (χ0n) is 13.5. The Bertz CT molecular complexity index is 398. The van der Waals surface area contributed by atoms with Crippen molar-refractivity contribution in [2.24, 2.45) is 17.6 Å². The lowest BCUT2D eigenvalue weighted by Crippen LogP contribution is -2.56. The van der Waals surface area contributed by atoms with Gasteiger partial charge in [0.2, 0.25) is 5.91 Å². The predicted octanol–water partition coefficient (Wildman–Crippen LogP) is -0.938. The molecule has 8 heteroatoms. The number of carboxylic acid groups (broad SMARTS) is 1. The maximum Gasteiger partial charge on any atom is 0.326 e. The van der Waals surface area contributed by atoms with E-state index in [9.17, 15) is 19.5 Å². The van der Waals surface area contributed by atoms with Gasteiger partial charge < -0.3 is 26.6 Å². The summed E-state index contributed by atoms with van der Waals surface area (Å²) in [4.78, 5) is 35.1. The number of hydrogen-bond acceptors (Lipinski definition) is 5. The first-order valence-corrected chi connectivity index (χ1v) is 7.31. The summed E-state index contributed by atoms with van der Waals surface area (Å²) in [5.74, 6) is -2.67. The Morgan fingerprint density at radius 1 is 1.05 bits per heavy atom. The number of aliphatic hydroxyl groups excluding tert-OH is 1. The number of carbonyl (C=O) groups is 3. The number of nitrogens with two attached hydrogens (primary N) is 1. The predicted molar refractivity (Wildman–Crippen MR) is 80.9 cm³/mol. The number of carboxylic acids is 1. The molecule has 0 fully saturated rings. The molecule has 22 heavy (non-hydrogen) atoms. The normalized spacial score (nSPS) is 15.3. The highest BCUT2D eigenvalue weighted by molar-refractivity contribution is 5.91. The number of amides is 2. The zero-order chi connectivity index (χ0) is 17.4. The smallest absolute Gasteiger partial charge is 0.326 e. The van der Waals surface area contributed by atoms with Gasteiger partial charge in [-0.3, -0.25) is 9.59 Å². The lowest BCUT2D eigenvalue weighted by atomic mass is 10.00. The molecular formula is C14H27N3O5. The number of nitrogens with one attached hydrogen (secondary N) is 2. The highest BCUT2D eigenvalue weighted by Crippen LogP contribution is 2.08. The van der Waals surface area contributed by atoms with Crippen LogP contribution in [0.4, 0.5) is 0 Å². The second-order valence-electron chi connectivity index (χ2n) is 6.01. The summed E-state index contributed by atoms with van der Waals surface area (Å²) in [6, 6.07) is -1.97. The molecule has 0 rings (SSSR count). The van der Waals surface area contributed by atoms with Crippen LogP contribution in [0.3, 0.4) is 0 Å². The van der Waals surface area contributed by atoms with E-state index in [1.165, 1.54) is 0 Å². The van der Waals surface area contributed by atoms with Crippen LogP contribution >= 0.6 is 0 Å². The van der Waals surface area contributed by atoms with E-state index in [-0.39, 0.29) is 24.8 Å². The van der Waals surface area contributed by atoms with E-state index in [1.54, 1.807) is 13.8 Å². The fraction of sp³-hybridized carbons (Fsp3) is 0.786. The molecule has 0 aliphatic rings. The lowest BCUT2D eigenvalue weighted by Gasteiger charge is -2.25. The van der Waals surface area contributed by atoms with Crippen molar-refractivity contribution >= 4 is 17.8 Å². The second-order valence-corrected chi connectivity index (χ2v) is 6.01. The van der Waals surface area contributed by atoms with Gasteiger partial charge in [-0.2, -0.15) is 0 Å². The average molecular weight is 317 g/mol. The van der Waals surface area contributed by atoms with Gasteiger partial charge >= 0.3 is 5.97 Å². The Balaban J connectivity index is 4.91. The molecule has 8 nitrogen and oxygen atoms in total. The van der Waals surface area contributed by atoms with Crippen LogP contribution in [0.5, 0.6) is 0 Å². The van der Waals surface area contributed by atoms with Gasteiger partial charge in [-0.15, -0.1) is 0 Å². The van der Waals surface area contributed by atoms with E-state index < -0.39 is 36.0 Å². The summed E-state index contributed by atoms with van der Waals surface area (Å²) < 4.78 is 0. The van der Waals surface area contributed by atoms with Gasteiger partial charge in [-0.1, -0.05) is 27.7 Å². The minimum absolute atomic E-state index is 0.0903. The molecule has 0 aromatic carbocycles. The second kappa shape index (κ2) is 9.37. The van der Waals surface area contributed by atoms with Crippen LogP contribution in [-0.2, 0) is 14.4 Å². The average Bonchev–Trinajstić information content (AvgIpc) is 2.41. The van der Waals surface area contributed by atoms with E-state index in [2.05, 4.69) is 10.6 Å². The molecule has 0 aromatic heterocycles. The molecule has 0 spiro atoms. The standard InChI is InChI=1S/C14H27N3O5/c1-7(2)5-9(14(21)22)16-13(20)11(8(3)4)17-12(19)10(18)6-15/h7-11,18H,5-6,15H2,1-4H3,(H,16,20)(H,17,19)(H,21,22)/t9-,10-,11-/m0/s1. The van der Waals surface area contributed by atoms with Gasteiger partial charge in [-0.05, 0) is 18.3 Å². The molecule has 2 amide bonds. The van der Waals surface area contributed by atoms with Gasteiger partial charge in [0.15, 0.2) is 0 Å². The van der Waals surface area contributed by atoms with Crippen LogP contribution in [0.25, 0.3) is 0 Å². The number of aliphatic carboxylic acids is 1. The van der Waals surface area contributed by atoms with Crippen molar-refractivity contribution in [3.8, 4) is 0 Å². The maximum absolute atomic E-state index is 12.2. The summed E-state index contributed by atoms with van der Waals surface area (Å²) in [6.45, 7) is 6.85. The first-order chi connectivity index (χ1) is 10.1. The number of aliphatic hydroxyl groups is 1. The van der Waals surface area contributed by atoms with Crippen molar-refractivity contribution in [1.29, 1.82) is 0 Å². The maximum atomic E-state index is 12.2. The molecule has 0 saturated carbocycles.